The zero-order valence-corrected chi connectivity index (χ0v) is 8.69. The second kappa shape index (κ2) is 9.16. The molecule has 0 atom stereocenters. The minimum Gasteiger partial charge on any atom is -0.395 e. The van der Waals surface area contributed by atoms with Crippen molar-refractivity contribution in [3.8, 4) is 0 Å². The summed E-state index contributed by atoms with van der Waals surface area (Å²) in [5, 5.41) is 8.44. The Morgan fingerprint density at radius 3 is 1.83 bits per heavy atom. The number of likely N-dealkylation sites (N-methyl/N-ethyl adjacent to an activating group) is 1. The number of hydrogen-bond donors (Lipinski definition) is 3. The molecule has 0 fully saturated rings. The van der Waals surface area contributed by atoms with E-state index in [0.29, 0.717) is 6.04 Å². The van der Waals surface area contributed by atoms with Gasteiger partial charge in [-0.2, -0.15) is 0 Å². The zero-order valence-electron chi connectivity index (χ0n) is 7.69. The van der Waals surface area contributed by atoms with Gasteiger partial charge in [0.25, 0.3) is 0 Å². The van der Waals surface area contributed by atoms with Gasteiger partial charge in [0.15, 0.2) is 0 Å². The van der Waals surface area contributed by atoms with E-state index in [9.17, 15) is 0 Å². The van der Waals surface area contributed by atoms with Crippen LogP contribution in [0.2, 0.25) is 0 Å². The molecule has 0 aromatic carbocycles. The van der Waals surface area contributed by atoms with E-state index in [1.54, 1.807) is 0 Å². The van der Waals surface area contributed by atoms with Crippen molar-refractivity contribution in [1.82, 2.24) is 4.90 Å². The van der Waals surface area contributed by atoms with E-state index in [-0.39, 0.29) is 6.61 Å². The smallest absolute Gasteiger partial charge is 0.314 e. The Kier molecular flexibility index (Phi) is 11.1. The summed E-state index contributed by atoms with van der Waals surface area (Å²) in [4.78, 5) is 16.4. The van der Waals surface area contributed by atoms with Gasteiger partial charge in [0, 0.05) is 12.6 Å². The van der Waals surface area contributed by atoms with Crippen molar-refractivity contribution in [3.05, 3.63) is 0 Å². The molecule has 0 heterocycles. The Labute approximate surface area is 73.6 Å². The SMILES string of the molecule is CC(C)N(C)CCO.O=[PH](O)O. The number of aliphatic hydroxyl groups is 1. The molecular formula is C6H18NO4P. The first-order chi connectivity index (χ1) is 5.41. The van der Waals surface area contributed by atoms with Crippen LogP contribution >= 0.6 is 8.25 Å². The normalized spacial score (nSPS) is 10.4. The summed E-state index contributed by atoms with van der Waals surface area (Å²) < 4.78 is 8.74. The molecule has 0 aliphatic carbocycles. The second-order valence-electron chi connectivity index (χ2n) is 2.58. The molecule has 12 heavy (non-hydrogen) atoms. The highest BCUT2D eigenvalue weighted by molar-refractivity contribution is 7.30. The summed E-state index contributed by atoms with van der Waals surface area (Å²) in [5.41, 5.74) is 0. The number of aliphatic hydroxyl groups excluding tert-OH is 1. The van der Waals surface area contributed by atoms with Crippen LogP contribution in [0.4, 0.5) is 0 Å². The highest BCUT2D eigenvalue weighted by Crippen LogP contribution is 1.98. The van der Waals surface area contributed by atoms with Gasteiger partial charge in [-0.3, -0.25) is 4.57 Å². The van der Waals surface area contributed by atoms with Gasteiger partial charge in [-0.15, -0.1) is 0 Å². The Balaban J connectivity index is 0. The number of rotatable bonds is 3. The van der Waals surface area contributed by atoms with Crippen LogP contribution in [0.15, 0.2) is 0 Å². The molecular weight excluding hydrogens is 181 g/mol. The summed E-state index contributed by atoms with van der Waals surface area (Å²) in [5.74, 6) is 0. The first kappa shape index (κ1) is 14.6. The molecule has 3 N–H and O–H groups in total. The van der Waals surface area contributed by atoms with Crippen LogP contribution in [0.1, 0.15) is 13.8 Å². The van der Waals surface area contributed by atoms with E-state index < -0.39 is 8.25 Å². The summed E-state index contributed by atoms with van der Waals surface area (Å²) in [6.45, 7) is 5.25. The number of nitrogens with zero attached hydrogens (tertiary/aromatic N) is 1. The van der Waals surface area contributed by atoms with Gasteiger partial charge in [-0.25, -0.2) is 0 Å². The van der Waals surface area contributed by atoms with E-state index in [0.717, 1.165) is 6.54 Å². The molecule has 5 nitrogen and oxygen atoms in total. The van der Waals surface area contributed by atoms with Crippen LogP contribution in [0.5, 0.6) is 0 Å². The third-order valence-corrected chi connectivity index (χ3v) is 1.33. The van der Waals surface area contributed by atoms with Crippen molar-refractivity contribution in [1.29, 1.82) is 0 Å². The van der Waals surface area contributed by atoms with Gasteiger partial charge in [0.1, 0.15) is 0 Å². The summed E-state index contributed by atoms with van der Waals surface area (Å²) >= 11 is 0. The Bertz CT molecular complexity index is 116. The minimum atomic E-state index is -3.13. The maximum atomic E-state index is 8.74. The molecule has 0 amide bonds. The standard InChI is InChI=1S/C6H15NO.H3O3P/c1-6(2)7(3)4-5-8;1-4(2)3/h6,8H,4-5H2,1-3H3;4H,(H2,1,2,3). The maximum Gasteiger partial charge on any atom is 0.314 e. The Morgan fingerprint density at radius 1 is 1.42 bits per heavy atom. The van der Waals surface area contributed by atoms with Crippen LogP contribution in [0.3, 0.4) is 0 Å². The van der Waals surface area contributed by atoms with Crippen LogP contribution in [0, 0.1) is 0 Å². The van der Waals surface area contributed by atoms with Crippen LogP contribution in [0.25, 0.3) is 0 Å². The van der Waals surface area contributed by atoms with Gasteiger partial charge in [-0.05, 0) is 20.9 Å². The van der Waals surface area contributed by atoms with Gasteiger partial charge in [0.2, 0.25) is 0 Å². The number of hydrogen-bond acceptors (Lipinski definition) is 3. The van der Waals surface area contributed by atoms with E-state index in [1.807, 2.05) is 7.05 Å². The molecule has 76 valence electrons. The lowest BCUT2D eigenvalue weighted by molar-refractivity contribution is 0.195. The summed E-state index contributed by atoms with van der Waals surface area (Å²) in [6.07, 6.45) is 0. The highest BCUT2D eigenvalue weighted by atomic mass is 31.1. The summed E-state index contributed by atoms with van der Waals surface area (Å²) in [7, 11) is -1.13. The fourth-order valence-corrected chi connectivity index (χ4v) is 0.416. The fourth-order valence-electron chi connectivity index (χ4n) is 0.416. The largest absolute Gasteiger partial charge is 0.395 e. The molecule has 0 aliphatic rings. The van der Waals surface area contributed by atoms with Crippen LogP contribution < -0.4 is 0 Å². The van der Waals surface area contributed by atoms with Gasteiger partial charge < -0.3 is 19.8 Å². The lowest BCUT2D eigenvalue weighted by Crippen LogP contribution is -2.28. The minimum absolute atomic E-state index is 0.259. The molecule has 0 aliphatic heterocycles. The first-order valence-electron chi connectivity index (χ1n) is 3.64. The lowest BCUT2D eigenvalue weighted by atomic mass is 10.3. The third-order valence-electron chi connectivity index (χ3n) is 1.33. The van der Waals surface area contributed by atoms with Crippen LogP contribution in [-0.4, -0.2) is 46.0 Å². The second-order valence-corrected chi connectivity index (χ2v) is 3.15. The Hall–Kier alpha value is 0.0700. The first-order valence-corrected chi connectivity index (χ1v) is 4.95. The highest BCUT2D eigenvalue weighted by Gasteiger charge is 1.98. The molecule has 0 aromatic heterocycles. The molecule has 0 unspecified atom stereocenters. The monoisotopic (exact) mass is 199 g/mol. The molecule has 0 spiro atoms. The van der Waals surface area contributed by atoms with Crippen molar-refractivity contribution < 1.29 is 19.5 Å². The average molecular weight is 199 g/mol. The molecule has 0 saturated carbocycles. The van der Waals surface area contributed by atoms with Gasteiger partial charge in [0.05, 0.1) is 6.61 Å². The zero-order chi connectivity index (χ0) is 10.1. The van der Waals surface area contributed by atoms with Crippen molar-refractivity contribution in [2.24, 2.45) is 0 Å². The molecule has 0 aromatic rings. The van der Waals surface area contributed by atoms with E-state index >= 15 is 0 Å². The predicted octanol–water partition coefficient (Wildman–Crippen LogP) is -0.320. The lowest BCUT2D eigenvalue weighted by Gasteiger charge is -2.18. The molecule has 0 saturated heterocycles. The molecule has 0 bridgehead atoms. The summed E-state index contributed by atoms with van der Waals surface area (Å²) in [6, 6.07) is 0.544. The van der Waals surface area contributed by atoms with E-state index in [2.05, 4.69) is 18.7 Å². The Morgan fingerprint density at radius 2 is 1.75 bits per heavy atom. The van der Waals surface area contributed by atoms with Crippen molar-refractivity contribution in [3.63, 3.8) is 0 Å². The van der Waals surface area contributed by atoms with Crippen LogP contribution in [-0.2, 0) is 4.57 Å². The van der Waals surface area contributed by atoms with Crippen molar-refractivity contribution >= 4 is 8.25 Å². The molecule has 0 rings (SSSR count). The van der Waals surface area contributed by atoms with E-state index in [1.165, 1.54) is 0 Å². The molecule has 0 radical (unpaired) electrons. The predicted molar refractivity (Wildman–Crippen MR) is 48.3 cm³/mol. The third kappa shape index (κ3) is 16.6. The van der Waals surface area contributed by atoms with E-state index in [4.69, 9.17) is 19.5 Å². The maximum absolute atomic E-state index is 8.74. The topological polar surface area (TPSA) is 81.0 Å². The fraction of sp³-hybridized carbons (Fsp3) is 1.00. The average Bonchev–Trinajstić information content (AvgIpc) is 1.86. The van der Waals surface area contributed by atoms with Gasteiger partial charge in [-0.1, -0.05) is 0 Å². The molecule has 6 heteroatoms. The van der Waals surface area contributed by atoms with Crippen molar-refractivity contribution in [2.75, 3.05) is 20.2 Å². The van der Waals surface area contributed by atoms with Gasteiger partial charge >= 0.3 is 8.25 Å². The quantitative estimate of drug-likeness (QED) is 0.543. The van der Waals surface area contributed by atoms with Crippen molar-refractivity contribution in [2.45, 2.75) is 19.9 Å².